The van der Waals surface area contributed by atoms with Crippen molar-refractivity contribution in [1.82, 2.24) is 4.90 Å². The summed E-state index contributed by atoms with van der Waals surface area (Å²) >= 11 is 0. The fourth-order valence-electron chi connectivity index (χ4n) is 7.41. The van der Waals surface area contributed by atoms with Gasteiger partial charge in [-0.2, -0.15) is 0 Å². The molecule has 1 amide bonds. The van der Waals surface area contributed by atoms with Crippen LogP contribution in [0, 0.1) is 0 Å². The third-order valence-electron chi connectivity index (χ3n) is 11.1. The first kappa shape index (κ1) is 53.9. The van der Waals surface area contributed by atoms with E-state index in [9.17, 15) is 4.79 Å². The van der Waals surface area contributed by atoms with Gasteiger partial charge >= 0.3 is 0 Å². The van der Waals surface area contributed by atoms with E-state index in [1.54, 1.807) is 0 Å². The van der Waals surface area contributed by atoms with Gasteiger partial charge in [0.25, 0.3) is 5.91 Å². The van der Waals surface area contributed by atoms with E-state index < -0.39 is 6.10 Å². The van der Waals surface area contributed by atoms with Gasteiger partial charge in [-0.15, -0.1) is 0 Å². The molecular weight excluding hydrogens is 675 g/mol. The van der Waals surface area contributed by atoms with Crippen LogP contribution in [0.2, 0.25) is 0 Å². The first-order valence-electron chi connectivity index (χ1n) is 24.7. The maximum Gasteiger partial charge on any atom is 0.254 e. The molecule has 1 unspecified atom stereocenters. The molecule has 0 saturated carbocycles. The molecule has 0 aliphatic heterocycles. The highest BCUT2D eigenvalue weighted by Crippen LogP contribution is 2.19. The number of allylic oxidation sites excluding steroid dienone is 4. The van der Waals surface area contributed by atoms with Gasteiger partial charge < -0.3 is 14.4 Å². The summed E-state index contributed by atoms with van der Waals surface area (Å²) in [5.41, 5.74) is -0.227. The molecule has 0 saturated heterocycles. The zero-order valence-electron chi connectivity index (χ0n) is 38.4. The zero-order chi connectivity index (χ0) is 40.3. The van der Waals surface area contributed by atoms with Crippen LogP contribution in [0.25, 0.3) is 0 Å². The van der Waals surface area contributed by atoms with Crippen LogP contribution in [0.5, 0.6) is 0 Å². The van der Waals surface area contributed by atoms with Crippen molar-refractivity contribution in [3.8, 4) is 0 Å². The summed E-state index contributed by atoms with van der Waals surface area (Å²) in [6, 6.07) is 0. The molecule has 0 aliphatic rings. The van der Waals surface area contributed by atoms with E-state index >= 15 is 0 Å². The molecule has 0 aromatic heterocycles. The number of unbranched alkanes of at least 4 members (excludes halogenated alkanes) is 29. The minimum absolute atomic E-state index is 0.117. The minimum Gasteiger partial charge on any atom is -0.378 e. The molecule has 0 aromatic carbocycles. The number of hydrogen-bond acceptors (Lipinski definition) is 3. The summed E-state index contributed by atoms with van der Waals surface area (Å²) in [7, 11) is 0. The predicted octanol–water partition coefficient (Wildman–Crippen LogP) is 16.5. The fourth-order valence-corrected chi connectivity index (χ4v) is 7.41. The lowest BCUT2D eigenvalue weighted by Crippen LogP contribution is -2.52. The topological polar surface area (TPSA) is 38.8 Å². The molecule has 0 spiro atoms. The van der Waals surface area contributed by atoms with E-state index in [0.29, 0.717) is 13.2 Å². The van der Waals surface area contributed by atoms with Crippen molar-refractivity contribution >= 4 is 5.91 Å². The molecule has 0 heterocycles. The van der Waals surface area contributed by atoms with Crippen LogP contribution in [-0.4, -0.2) is 48.8 Å². The van der Waals surface area contributed by atoms with Gasteiger partial charge in [-0.25, -0.2) is 0 Å². The molecule has 4 nitrogen and oxygen atoms in total. The average molecular weight is 774 g/mol. The van der Waals surface area contributed by atoms with Crippen molar-refractivity contribution in [2.24, 2.45) is 0 Å². The molecule has 1 atom stereocenters. The van der Waals surface area contributed by atoms with Gasteiger partial charge in [0.1, 0.15) is 0 Å². The van der Waals surface area contributed by atoms with Gasteiger partial charge in [-0.3, -0.25) is 4.79 Å². The van der Waals surface area contributed by atoms with E-state index in [1.807, 2.05) is 0 Å². The van der Waals surface area contributed by atoms with Crippen molar-refractivity contribution in [2.75, 3.05) is 26.4 Å². The number of carbonyl (C=O) groups excluding carboxylic acids is 1. The van der Waals surface area contributed by atoms with E-state index in [1.165, 1.54) is 199 Å². The van der Waals surface area contributed by atoms with Gasteiger partial charge in [0.05, 0.1) is 6.61 Å². The average Bonchev–Trinajstić information content (AvgIpc) is 3.16. The van der Waals surface area contributed by atoms with E-state index in [4.69, 9.17) is 9.47 Å². The first-order valence-corrected chi connectivity index (χ1v) is 24.7. The molecule has 0 radical (unpaired) electrons. The molecule has 0 aliphatic carbocycles. The van der Waals surface area contributed by atoms with Gasteiger partial charge in [-0.1, -0.05) is 193 Å². The summed E-state index contributed by atoms with van der Waals surface area (Å²) in [5.74, 6) is 0.117. The second kappa shape index (κ2) is 42.5. The van der Waals surface area contributed by atoms with Crippen LogP contribution in [-0.2, 0) is 14.3 Å². The number of nitrogens with zero attached hydrogens (tertiary/aromatic N) is 1. The van der Waals surface area contributed by atoms with Gasteiger partial charge in [0.2, 0.25) is 0 Å². The molecule has 0 bridgehead atoms. The Morgan fingerprint density at radius 1 is 0.455 bits per heavy atom. The van der Waals surface area contributed by atoms with Crippen molar-refractivity contribution < 1.29 is 14.3 Å². The highest BCUT2D eigenvalue weighted by atomic mass is 16.5. The lowest BCUT2D eigenvalue weighted by Gasteiger charge is -2.38. The molecule has 0 N–H and O–H groups in total. The summed E-state index contributed by atoms with van der Waals surface area (Å²) in [5, 5.41) is 0. The van der Waals surface area contributed by atoms with E-state index in [2.05, 4.69) is 70.7 Å². The van der Waals surface area contributed by atoms with Crippen molar-refractivity contribution in [3.63, 3.8) is 0 Å². The molecule has 0 rings (SSSR count). The normalized spacial score (nSPS) is 12.8. The number of ether oxygens (including phenoxy) is 2. The Morgan fingerprint density at radius 2 is 0.782 bits per heavy atom. The van der Waals surface area contributed by atoms with Crippen LogP contribution < -0.4 is 0 Å². The smallest absolute Gasteiger partial charge is 0.254 e. The zero-order valence-corrected chi connectivity index (χ0v) is 38.4. The van der Waals surface area contributed by atoms with Crippen LogP contribution in [0.4, 0.5) is 0 Å². The summed E-state index contributed by atoms with van der Waals surface area (Å²) < 4.78 is 12.5. The maximum absolute atomic E-state index is 14.0. The van der Waals surface area contributed by atoms with Crippen molar-refractivity contribution in [1.29, 1.82) is 0 Å². The second-order valence-electron chi connectivity index (χ2n) is 17.7. The number of rotatable bonds is 43. The Hall–Kier alpha value is -1.13. The summed E-state index contributed by atoms with van der Waals surface area (Å²) in [6.45, 7) is 15.9. The van der Waals surface area contributed by atoms with Crippen LogP contribution in [0.15, 0.2) is 24.3 Å². The third-order valence-corrected chi connectivity index (χ3v) is 11.1. The molecule has 0 aromatic rings. The second-order valence-corrected chi connectivity index (χ2v) is 17.7. The number of carbonyl (C=O) groups is 1. The summed E-state index contributed by atoms with van der Waals surface area (Å²) in [4.78, 5) is 16.1. The molecule has 55 heavy (non-hydrogen) atoms. The highest BCUT2D eigenvalue weighted by molar-refractivity contribution is 5.81. The predicted molar refractivity (Wildman–Crippen MR) is 244 cm³/mol. The third kappa shape index (κ3) is 38.2. The maximum atomic E-state index is 14.0. The van der Waals surface area contributed by atoms with E-state index in [-0.39, 0.29) is 11.4 Å². The summed E-state index contributed by atoms with van der Waals surface area (Å²) in [6.07, 6.45) is 52.9. The van der Waals surface area contributed by atoms with Crippen LogP contribution >= 0.6 is 0 Å². The van der Waals surface area contributed by atoms with Gasteiger partial charge in [0, 0.05) is 25.3 Å². The lowest BCUT2D eigenvalue weighted by atomic mass is 10.0. The quantitative estimate of drug-likeness (QED) is 0.0457. The Bertz CT molecular complexity index is 830. The standard InChI is InChI=1S/C51H99NO3/c1-7-10-13-16-19-21-23-25-27-29-31-33-35-37-40-43-46-54-48-49(50(53)52(51(4,5)6)45-42-39-18-15-12-9-3)55-47-44-41-38-36-34-32-30-28-26-24-22-20-17-14-11-8-2/h25-28,49H,7-24,29-48H2,1-6H3/b27-25-,28-26-. The number of hydrogen-bond donors (Lipinski definition) is 0. The Morgan fingerprint density at radius 3 is 1.16 bits per heavy atom. The minimum atomic E-state index is -0.503. The molecule has 326 valence electrons. The molecule has 4 heteroatoms. The Balaban J connectivity index is 4.44. The van der Waals surface area contributed by atoms with E-state index in [0.717, 1.165) is 32.4 Å². The van der Waals surface area contributed by atoms with Gasteiger partial charge in [-0.05, 0) is 91.4 Å². The lowest BCUT2D eigenvalue weighted by molar-refractivity contribution is -0.153. The van der Waals surface area contributed by atoms with Crippen LogP contribution in [0.3, 0.4) is 0 Å². The van der Waals surface area contributed by atoms with Crippen molar-refractivity contribution in [3.05, 3.63) is 24.3 Å². The van der Waals surface area contributed by atoms with Crippen molar-refractivity contribution in [2.45, 2.75) is 271 Å². The Labute approximate surface area is 346 Å². The molecular formula is C51H99NO3. The highest BCUT2D eigenvalue weighted by Gasteiger charge is 2.32. The first-order chi connectivity index (χ1) is 26.9. The largest absolute Gasteiger partial charge is 0.378 e. The SMILES string of the molecule is CCCCCCCC/C=C\CCCCCCCCOCC(OCCCCCCCC/C=C\CCCCCCCC)C(=O)N(CCCCCCCC)C(C)(C)C. The van der Waals surface area contributed by atoms with Crippen LogP contribution in [0.1, 0.15) is 260 Å². The van der Waals surface area contributed by atoms with Gasteiger partial charge in [0.15, 0.2) is 6.10 Å². The number of amides is 1. The fraction of sp³-hybridized carbons (Fsp3) is 0.902. The Kier molecular flexibility index (Phi) is 41.6. The monoisotopic (exact) mass is 774 g/mol. The molecule has 0 fully saturated rings.